The number of phenols is 1. The summed E-state index contributed by atoms with van der Waals surface area (Å²) in [7, 11) is 3.82. The maximum Gasteiger partial charge on any atom is 0.160 e. The third-order valence-corrected chi connectivity index (χ3v) is 3.61. The van der Waals surface area contributed by atoms with Gasteiger partial charge in [0, 0.05) is 18.4 Å². The van der Waals surface area contributed by atoms with Gasteiger partial charge in [0.25, 0.3) is 0 Å². The number of ether oxygens (including phenoxy) is 1. The van der Waals surface area contributed by atoms with Gasteiger partial charge in [0.05, 0.1) is 20.7 Å². The maximum atomic E-state index is 9.83. The van der Waals surface area contributed by atoms with Crippen LogP contribution in [0.15, 0.2) is 12.1 Å². The monoisotopic (exact) mass is 222 g/mol. The van der Waals surface area contributed by atoms with Crippen molar-refractivity contribution in [1.82, 2.24) is 0 Å². The van der Waals surface area contributed by atoms with Crippen molar-refractivity contribution < 1.29 is 14.7 Å². The fraction of sp³-hybridized carbons (Fsp3) is 0.538. The molecule has 3 nitrogen and oxygen atoms in total. The lowest BCUT2D eigenvalue weighted by Crippen LogP contribution is -3.10. The molecule has 2 N–H and O–H groups in total. The lowest BCUT2D eigenvalue weighted by Gasteiger charge is -2.31. The van der Waals surface area contributed by atoms with E-state index in [4.69, 9.17) is 4.74 Å². The van der Waals surface area contributed by atoms with Gasteiger partial charge >= 0.3 is 0 Å². The molecule has 0 aliphatic carbocycles. The van der Waals surface area contributed by atoms with Crippen molar-refractivity contribution in [2.75, 3.05) is 20.7 Å². The first-order valence-corrected chi connectivity index (χ1v) is 5.89. The fourth-order valence-corrected chi connectivity index (χ4v) is 2.67. The normalized spacial score (nSPS) is 23.9. The zero-order valence-electron chi connectivity index (χ0n) is 10.2. The van der Waals surface area contributed by atoms with Gasteiger partial charge in [-0.1, -0.05) is 6.92 Å². The Morgan fingerprint density at radius 2 is 2.25 bits per heavy atom. The summed E-state index contributed by atoms with van der Waals surface area (Å²) in [5.74, 6) is 0.850. The lowest BCUT2D eigenvalue weighted by atomic mass is 9.91. The lowest BCUT2D eigenvalue weighted by molar-refractivity contribution is -0.914. The predicted molar refractivity (Wildman–Crippen MR) is 63.1 cm³/mol. The summed E-state index contributed by atoms with van der Waals surface area (Å²) < 4.78 is 5.15. The van der Waals surface area contributed by atoms with E-state index in [1.807, 2.05) is 12.1 Å². The van der Waals surface area contributed by atoms with E-state index in [-0.39, 0.29) is 5.75 Å². The van der Waals surface area contributed by atoms with E-state index in [1.165, 1.54) is 16.0 Å². The molecule has 1 unspecified atom stereocenters. The van der Waals surface area contributed by atoms with Crippen molar-refractivity contribution in [1.29, 1.82) is 0 Å². The summed E-state index contributed by atoms with van der Waals surface area (Å²) in [4.78, 5) is 1.53. The molecular weight excluding hydrogens is 202 g/mol. The minimum absolute atomic E-state index is 0.259. The molecule has 1 heterocycles. The number of benzene rings is 1. The Bertz CT molecular complexity index is 390. The highest BCUT2D eigenvalue weighted by Gasteiger charge is 2.28. The van der Waals surface area contributed by atoms with Crippen molar-refractivity contribution in [3.63, 3.8) is 0 Å². The SMILES string of the molecule is CC[C@@H]1c2cc(O)c(OC)cc2CC[NH+]1C. The quantitative estimate of drug-likeness (QED) is 0.780. The molecule has 0 aromatic heterocycles. The molecule has 88 valence electrons. The molecule has 0 radical (unpaired) electrons. The number of aromatic hydroxyl groups is 1. The van der Waals surface area contributed by atoms with Gasteiger partial charge in [-0.25, -0.2) is 0 Å². The molecule has 2 rings (SSSR count). The van der Waals surface area contributed by atoms with Crippen LogP contribution in [0.2, 0.25) is 0 Å². The number of quaternary nitrogens is 1. The molecule has 1 aromatic rings. The summed E-state index contributed by atoms with van der Waals surface area (Å²) in [5.41, 5.74) is 2.61. The van der Waals surface area contributed by atoms with Crippen LogP contribution in [0.25, 0.3) is 0 Å². The molecular formula is C13H20NO2+. The van der Waals surface area contributed by atoms with Gasteiger partial charge in [0.15, 0.2) is 11.5 Å². The number of hydrogen-bond acceptors (Lipinski definition) is 2. The summed E-state index contributed by atoms with van der Waals surface area (Å²) in [6.45, 7) is 3.35. The third kappa shape index (κ3) is 1.76. The molecule has 0 saturated carbocycles. The van der Waals surface area contributed by atoms with E-state index >= 15 is 0 Å². The first-order valence-electron chi connectivity index (χ1n) is 5.89. The molecule has 0 saturated heterocycles. The highest BCUT2D eigenvalue weighted by molar-refractivity contribution is 5.47. The maximum absolute atomic E-state index is 9.83. The van der Waals surface area contributed by atoms with Crippen LogP contribution >= 0.6 is 0 Å². The van der Waals surface area contributed by atoms with Crippen LogP contribution in [0.5, 0.6) is 11.5 Å². The van der Waals surface area contributed by atoms with Crippen LogP contribution in [-0.2, 0) is 6.42 Å². The Labute approximate surface area is 96.6 Å². The third-order valence-electron chi connectivity index (χ3n) is 3.61. The second-order valence-electron chi connectivity index (χ2n) is 4.53. The molecule has 1 aliphatic rings. The molecule has 0 amide bonds. The standard InChI is InChI=1S/C13H19NO2/c1-4-11-10-8-12(15)13(16-3)7-9(10)5-6-14(11)2/h7-8,11,15H,4-6H2,1-3H3/p+1/t11-/m1/s1. The van der Waals surface area contributed by atoms with Crippen molar-refractivity contribution in [2.45, 2.75) is 25.8 Å². The van der Waals surface area contributed by atoms with Crippen LogP contribution < -0.4 is 9.64 Å². The van der Waals surface area contributed by atoms with E-state index in [9.17, 15) is 5.11 Å². The van der Waals surface area contributed by atoms with Crippen LogP contribution in [0.3, 0.4) is 0 Å². The molecule has 2 atom stereocenters. The first-order chi connectivity index (χ1) is 7.67. The Morgan fingerprint density at radius 3 is 2.88 bits per heavy atom. The van der Waals surface area contributed by atoms with Crippen molar-refractivity contribution in [3.05, 3.63) is 23.3 Å². The van der Waals surface area contributed by atoms with E-state index in [0.717, 1.165) is 19.4 Å². The van der Waals surface area contributed by atoms with Crippen LogP contribution in [0.4, 0.5) is 0 Å². The Hall–Kier alpha value is -1.22. The minimum atomic E-state index is 0.259. The highest BCUT2D eigenvalue weighted by atomic mass is 16.5. The number of methoxy groups -OCH3 is 1. The largest absolute Gasteiger partial charge is 0.504 e. The van der Waals surface area contributed by atoms with E-state index < -0.39 is 0 Å². The van der Waals surface area contributed by atoms with Gasteiger partial charge in [0.1, 0.15) is 6.04 Å². The van der Waals surface area contributed by atoms with Gasteiger partial charge in [-0.3, -0.25) is 0 Å². The van der Waals surface area contributed by atoms with Crippen LogP contribution in [0.1, 0.15) is 30.5 Å². The second kappa shape index (κ2) is 4.34. The summed E-state index contributed by atoms with van der Waals surface area (Å²) in [6.07, 6.45) is 2.17. The molecule has 3 heteroatoms. The van der Waals surface area contributed by atoms with Gasteiger partial charge in [-0.2, -0.15) is 0 Å². The van der Waals surface area contributed by atoms with Crippen LogP contribution in [0, 0.1) is 0 Å². The Morgan fingerprint density at radius 1 is 1.50 bits per heavy atom. The average Bonchev–Trinajstić information content (AvgIpc) is 2.28. The smallest absolute Gasteiger partial charge is 0.160 e. The number of nitrogens with one attached hydrogen (secondary N) is 1. The van der Waals surface area contributed by atoms with Gasteiger partial charge in [-0.05, 0) is 17.7 Å². The van der Waals surface area contributed by atoms with Gasteiger partial charge < -0.3 is 14.7 Å². The number of fused-ring (bicyclic) bond motifs is 1. The summed E-state index contributed by atoms with van der Waals surface area (Å²) in [6, 6.07) is 4.37. The molecule has 16 heavy (non-hydrogen) atoms. The van der Waals surface area contributed by atoms with Crippen molar-refractivity contribution in [2.24, 2.45) is 0 Å². The number of hydrogen-bond donors (Lipinski definition) is 2. The minimum Gasteiger partial charge on any atom is -0.504 e. The van der Waals surface area contributed by atoms with Gasteiger partial charge in [-0.15, -0.1) is 0 Å². The van der Waals surface area contributed by atoms with Crippen LogP contribution in [-0.4, -0.2) is 25.8 Å². The van der Waals surface area contributed by atoms with E-state index in [1.54, 1.807) is 7.11 Å². The number of phenolic OH excluding ortho intramolecular Hbond substituents is 1. The summed E-state index contributed by atoms with van der Waals surface area (Å²) in [5, 5.41) is 9.83. The average molecular weight is 222 g/mol. The fourth-order valence-electron chi connectivity index (χ4n) is 2.67. The van der Waals surface area contributed by atoms with Gasteiger partial charge in [0.2, 0.25) is 0 Å². The molecule has 0 spiro atoms. The van der Waals surface area contributed by atoms with Crippen molar-refractivity contribution in [3.8, 4) is 11.5 Å². The first kappa shape index (κ1) is 11.3. The molecule has 0 fully saturated rings. The Kier molecular flexibility index (Phi) is 3.06. The zero-order chi connectivity index (χ0) is 11.7. The topological polar surface area (TPSA) is 33.9 Å². The molecule has 0 bridgehead atoms. The second-order valence-corrected chi connectivity index (χ2v) is 4.53. The highest BCUT2D eigenvalue weighted by Crippen LogP contribution is 2.33. The number of rotatable bonds is 2. The van der Waals surface area contributed by atoms with Crippen molar-refractivity contribution >= 4 is 0 Å². The van der Waals surface area contributed by atoms with E-state index in [2.05, 4.69) is 14.0 Å². The number of likely N-dealkylation sites (N-methyl/N-ethyl adjacent to an activating group) is 1. The Balaban J connectivity index is 2.46. The predicted octanol–water partition coefficient (Wildman–Crippen LogP) is 0.923. The van der Waals surface area contributed by atoms with E-state index in [0.29, 0.717) is 11.8 Å². The zero-order valence-corrected chi connectivity index (χ0v) is 10.2. The molecule has 1 aliphatic heterocycles. The summed E-state index contributed by atoms with van der Waals surface area (Å²) >= 11 is 0. The molecule has 1 aromatic carbocycles.